The Balaban J connectivity index is 1.45. The fourth-order valence-electron chi connectivity index (χ4n) is 3.67. The number of aryl methyl sites for hydroxylation is 2. The second-order valence-corrected chi connectivity index (χ2v) is 7.41. The summed E-state index contributed by atoms with van der Waals surface area (Å²) in [5, 5.41) is 0. The molecule has 8 heteroatoms. The number of anilines is 3. The van der Waals surface area contributed by atoms with E-state index < -0.39 is 0 Å². The van der Waals surface area contributed by atoms with Crippen LogP contribution in [0.5, 0.6) is 0 Å². The molecule has 0 amide bonds. The van der Waals surface area contributed by atoms with Crippen LogP contribution < -0.4 is 14.7 Å². The van der Waals surface area contributed by atoms with Crippen molar-refractivity contribution in [2.75, 3.05) is 74.1 Å². The average molecular weight is 368 g/mol. The first-order valence-corrected chi connectivity index (χ1v) is 9.66. The van der Waals surface area contributed by atoms with Gasteiger partial charge in [0.15, 0.2) is 0 Å². The van der Waals surface area contributed by atoms with Crippen molar-refractivity contribution in [2.24, 2.45) is 0 Å². The first-order valence-electron chi connectivity index (χ1n) is 9.66. The smallest absolute Gasteiger partial charge is 0.134 e. The van der Waals surface area contributed by atoms with Crippen LogP contribution in [0.3, 0.4) is 0 Å². The normalized spacial score (nSPS) is 18.9. The van der Waals surface area contributed by atoms with Crippen molar-refractivity contribution >= 4 is 17.5 Å². The molecule has 0 aromatic carbocycles. The van der Waals surface area contributed by atoms with Crippen molar-refractivity contribution < 1.29 is 0 Å². The maximum Gasteiger partial charge on any atom is 0.134 e. The molecule has 0 N–H and O–H groups in total. The van der Waals surface area contributed by atoms with Crippen molar-refractivity contribution in [2.45, 2.75) is 13.8 Å². The van der Waals surface area contributed by atoms with Gasteiger partial charge in [-0.3, -0.25) is 0 Å². The molecule has 2 aromatic rings. The zero-order chi connectivity index (χ0) is 18.8. The molecule has 8 nitrogen and oxygen atoms in total. The molecule has 27 heavy (non-hydrogen) atoms. The molecule has 4 rings (SSSR count). The van der Waals surface area contributed by atoms with Crippen molar-refractivity contribution in [3.05, 3.63) is 30.0 Å². The highest BCUT2D eigenvalue weighted by molar-refractivity contribution is 5.53. The van der Waals surface area contributed by atoms with Gasteiger partial charge in [-0.1, -0.05) is 0 Å². The number of piperazine rings is 2. The standard InChI is InChI=1S/C19H28N8/c1-15-12-17(21-14-20-15)25-8-10-27(11-9-25)19-13-18(22-16(2)23-19)26-6-4-24(3)5-7-26/h12-14H,4-11H2,1-3H3. The van der Waals surface area contributed by atoms with Crippen molar-refractivity contribution in [3.8, 4) is 0 Å². The molecule has 2 aliphatic heterocycles. The van der Waals surface area contributed by atoms with E-state index >= 15 is 0 Å². The molecule has 0 atom stereocenters. The van der Waals surface area contributed by atoms with Gasteiger partial charge in [-0.05, 0) is 20.9 Å². The van der Waals surface area contributed by atoms with Gasteiger partial charge in [0, 0.05) is 70.2 Å². The monoisotopic (exact) mass is 368 g/mol. The highest BCUT2D eigenvalue weighted by Gasteiger charge is 2.22. The number of likely N-dealkylation sites (N-methyl/N-ethyl adjacent to an activating group) is 1. The van der Waals surface area contributed by atoms with Crippen LogP contribution in [-0.2, 0) is 0 Å². The molecule has 144 valence electrons. The summed E-state index contributed by atoms with van der Waals surface area (Å²) in [5.41, 5.74) is 1.01. The van der Waals surface area contributed by atoms with E-state index in [2.05, 4.69) is 48.7 Å². The number of aromatic nitrogens is 4. The Morgan fingerprint density at radius 1 is 0.667 bits per heavy atom. The Labute approximate surface area is 160 Å². The molecule has 4 heterocycles. The molecular formula is C19H28N8. The predicted molar refractivity (Wildman–Crippen MR) is 108 cm³/mol. The third-order valence-electron chi connectivity index (χ3n) is 5.36. The van der Waals surface area contributed by atoms with Gasteiger partial charge in [-0.25, -0.2) is 19.9 Å². The van der Waals surface area contributed by atoms with Crippen molar-refractivity contribution in [1.82, 2.24) is 24.8 Å². The highest BCUT2D eigenvalue weighted by atomic mass is 15.3. The Kier molecular flexibility index (Phi) is 5.07. The first-order chi connectivity index (χ1) is 13.1. The Bertz CT molecular complexity index is 779. The van der Waals surface area contributed by atoms with E-state index in [1.807, 2.05) is 13.8 Å². The van der Waals surface area contributed by atoms with Crippen LogP contribution in [0.1, 0.15) is 11.5 Å². The van der Waals surface area contributed by atoms with Gasteiger partial charge in [0.2, 0.25) is 0 Å². The summed E-state index contributed by atoms with van der Waals surface area (Å²) in [6, 6.07) is 4.21. The van der Waals surface area contributed by atoms with Crippen LogP contribution in [0.15, 0.2) is 18.5 Å². The fraction of sp³-hybridized carbons (Fsp3) is 0.579. The van der Waals surface area contributed by atoms with Crippen LogP contribution >= 0.6 is 0 Å². The van der Waals surface area contributed by atoms with E-state index in [0.29, 0.717) is 0 Å². The summed E-state index contributed by atoms with van der Waals surface area (Å²) in [4.78, 5) is 27.4. The quantitative estimate of drug-likeness (QED) is 0.794. The minimum atomic E-state index is 0.843. The lowest BCUT2D eigenvalue weighted by Crippen LogP contribution is -2.47. The van der Waals surface area contributed by atoms with E-state index in [4.69, 9.17) is 9.97 Å². The summed E-state index contributed by atoms with van der Waals surface area (Å²) in [6.45, 7) is 11.9. The van der Waals surface area contributed by atoms with Gasteiger partial charge in [0.1, 0.15) is 29.6 Å². The molecule has 2 aliphatic rings. The first kappa shape index (κ1) is 17.9. The molecule has 0 aliphatic carbocycles. The zero-order valence-corrected chi connectivity index (χ0v) is 16.5. The van der Waals surface area contributed by atoms with E-state index in [1.54, 1.807) is 6.33 Å². The van der Waals surface area contributed by atoms with Crippen LogP contribution in [0.25, 0.3) is 0 Å². The van der Waals surface area contributed by atoms with Crippen molar-refractivity contribution in [1.29, 1.82) is 0 Å². The van der Waals surface area contributed by atoms with Gasteiger partial charge in [0.05, 0.1) is 0 Å². The number of rotatable bonds is 3. The largest absolute Gasteiger partial charge is 0.354 e. The summed E-state index contributed by atoms with van der Waals surface area (Å²) in [7, 11) is 2.17. The zero-order valence-electron chi connectivity index (χ0n) is 16.5. The van der Waals surface area contributed by atoms with Crippen LogP contribution in [-0.4, -0.2) is 84.2 Å². The molecule has 0 spiro atoms. The van der Waals surface area contributed by atoms with Gasteiger partial charge < -0.3 is 19.6 Å². The molecule has 2 aromatic heterocycles. The third-order valence-corrected chi connectivity index (χ3v) is 5.36. The van der Waals surface area contributed by atoms with Crippen LogP contribution in [0.4, 0.5) is 17.5 Å². The minimum absolute atomic E-state index is 0.843. The van der Waals surface area contributed by atoms with Gasteiger partial charge in [0.25, 0.3) is 0 Å². The van der Waals surface area contributed by atoms with E-state index in [9.17, 15) is 0 Å². The Morgan fingerprint density at radius 2 is 1.19 bits per heavy atom. The number of nitrogens with zero attached hydrogens (tertiary/aromatic N) is 8. The second kappa shape index (κ2) is 7.64. The van der Waals surface area contributed by atoms with E-state index in [1.165, 1.54) is 0 Å². The molecule has 0 saturated carbocycles. The lowest BCUT2D eigenvalue weighted by molar-refractivity contribution is 0.312. The molecule has 2 fully saturated rings. The molecule has 0 unspecified atom stereocenters. The summed E-state index contributed by atoms with van der Waals surface area (Å²) < 4.78 is 0. The van der Waals surface area contributed by atoms with Gasteiger partial charge in [-0.2, -0.15) is 0 Å². The summed E-state index contributed by atoms with van der Waals surface area (Å²) >= 11 is 0. The van der Waals surface area contributed by atoms with Crippen LogP contribution in [0.2, 0.25) is 0 Å². The maximum absolute atomic E-state index is 4.71. The lowest BCUT2D eigenvalue weighted by atomic mass is 10.2. The molecule has 0 bridgehead atoms. The second-order valence-electron chi connectivity index (χ2n) is 7.41. The third kappa shape index (κ3) is 4.10. The average Bonchev–Trinajstić information content (AvgIpc) is 2.68. The topological polar surface area (TPSA) is 64.5 Å². The number of hydrogen-bond acceptors (Lipinski definition) is 8. The summed E-state index contributed by atoms with van der Waals surface area (Å²) in [6.07, 6.45) is 1.65. The van der Waals surface area contributed by atoms with E-state index in [0.717, 1.165) is 81.3 Å². The van der Waals surface area contributed by atoms with Gasteiger partial charge >= 0.3 is 0 Å². The maximum atomic E-state index is 4.71. The van der Waals surface area contributed by atoms with E-state index in [-0.39, 0.29) is 0 Å². The summed E-state index contributed by atoms with van der Waals surface area (Å²) in [5.74, 6) is 3.95. The molecular weight excluding hydrogens is 340 g/mol. The minimum Gasteiger partial charge on any atom is -0.354 e. The Morgan fingerprint density at radius 3 is 1.74 bits per heavy atom. The van der Waals surface area contributed by atoms with Gasteiger partial charge in [-0.15, -0.1) is 0 Å². The lowest BCUT2D eigenvalue weighted by Gasteiger charge is -2.37. The SMILES string of the molecule is Cc1cc(N2CCN(c3cc(N4CCN(C)CC4)nc(C)n3)CC2)ncn1. The molecule has 2 saturated heterocycles. The highest BCUT2D eigenvalue weighted by Crippen LogP contribution is 2.22. The number of hydrogen-bond donors (Lipinski definition) is 0. The fourth-order valence-corrected chi connectivity index (χ4v) is 3.67. The van der Waals surface area contributed by atoms with Crippen molar-refractivity contribution in [3.63, 3.8) is 0 Å². The van der Waals surface area contributed by atoms with Crippen LogP contribution in [0, 0.1) is 13.8 Å². The Hall–Kier alpha value is -2.48. The predicted octanol–water partition coefficient (Wildman–Crippen LogP) is 0.962. The molecule has 0 radical (unpaired) electrons.